The molecule has 1 aliphatic heterocycles. The number of rotatable bonds is 4. The lowest BCUT2D eigenvalue weighted by Gasteiger charge is -2.12. The Hall–Kier alpha value is -4.31. The third kappa shape index (κ3) is 21.7. The van der Waals surface area contributed by atoms with E-state index in [0.29, 0.717) is 6.54 Å². The highest BCUT2D eigenvalue weighted by molar-refractivity contribution is 6.02. The van der Waals surface area contributed by atoms with E-state index in [1.807, 2.05) is 0 Å². The number of nitrogens with zero attached hydrogens (tertiary/aromatic N) is 3. The van der Waals surface area contributed by atoms with Gasteiger partial charge in [0.1, 0.15) is 13.1 Å². The number of hydrogen-bond donors (Lipinski definition) is 10. The molecule has 1 heterocycles. The Morgan fingerprint density at radius 3 is 1.37 bits per heavy atom. The summed E-state index contributed by atoms with van der Waals surface area (Å²) in [6, 6.07) is -0.833. The number of amides is 3. The zero-order valence-electron chi connectivity index (χ0n) is 16.8. The lowest BCUT2D eigenvalue weighted by atomic mass is 10.6. The number of carbonyl (C=O) groups is 4. The number of likely N-dealkylation sites (N-methyl/N-ethyl adjacent to an activating group) is 3. The smallest absolute Gasteiger partial charge is 0.323 e. The van der Waals surface area contributed by atoms with Crippen molar-refractivity contribution in [3.8, 4) is 0 Å². The Kier molecular flexibility index (Phi) is 15.9. The molecule has 0 aromatic rings. The third-order valence-electron chi connectivity index (χ3n) is 2.59. The van der Waals surface area contributed by atoms with Gasteiger partial charge in [-0.3, -0.25) is 35.9 Å². The van der Waals surface area contributed by atoms with E-state index in [1.54, 1.807) is 11.9 Å². The Bertz CT molecular complexity index is 617. The number of carboxylic acids is 2. The van der Waals surface area contributed by atoms with Gasteiger partial charge in [0, 0.05) is 21.1 Å². The summed E-state index contributed by atoms with van der Waals surface area (Å²) in [5.41, 5.74) is 18.4. The maximum Gasteiger partial charge on any atom is 0.323 e. The normalized spacial score (nSPS) is 11.1. The predicted molar refractivity (Wildman–Crippen MR) is 107 cm³/mol. The average molecular weight is 435 g/mol. The second-order valence-electron chi connectivity index (χ2n) is 5.43. The van der Waals surface area contributed by atoms with Crippen LogP contribution in [0.2, 0.25) is 0 Å². The maximum absolute atomic E-state index is 10.4. The van der Waals surface area contributed by atoms with Crippen LogP contribution in [-0.2, 0) is 14.4 Å². The summed E-state index contributed by atoms with van der Waals surface area (Å²) in [6.45, 7) is -0.135. The zero-order valence-corrected chi connectivity index (χ0v) is 16.8. The maximum atomic E-state index is 10.4. The molecule has 1 rings (SSSR count). The van der Waals surface area contributed by atoms with E-state index < -0.39 is 18.0 Å². The molecule has 0 saturated carbocycles. The average Bonchev–Trinajstić information content (AvgIpc) is 2.82. The van der Waals surface area contributed by atoms with Crippen LogP contribution in [0.1, 0.15) is 0 Å². The minimum absolute atomic E-state index is 0.0995. The van der Waals surface area contributed by atoms with Gasteiger partial charge in [0.25, 0.3) is 0 Å². The zero-order chi connectivity index (χ0) is 24.6. The molecule has 17 heteroatoms. The number of hydrogen-bond acceptors (Lipinski definition) is 7. The molecule has 0 atom stereocenters. The highest BCUT2D eigenvalue weighted by Gasteiger charge is 2.18. The number of aliphatic carboxylic acids is 2. The van der Waals surface area contributed by atoms with Crippen LogP contribution in [0.15, 0.2) is 0 Å². The van der Waals surface area contributed by atoms with Crippen molar-refractivity contribution in [2.24, 2.45) is 22.9 Å². The summed E-state index contributed by atoms with van der Waals surface area (Å²) in [6.07, 6.45) is 0. The van der Waals surface area contributed by atoms with Crippen LogP contribution < -0.4 is 28.3 Å². The molecule has 3 amide bonds. The van der Waals surface area contributed by atoms with Crippen LogP contribution >= 0.6 is 0 Å². The van der Waals surface area contributed by atoms with Crippen LogP contribution in [0.25, 0.3) is 0 Å². The van der Waals surface area contributed by atoms with Gasteiger partial charge in [-0.15, -0.1) is 0 Å². The van der Waals surface area contributed by atoms with Crippen molar-refractivity contribution >= 4 is 41.8 Å². The first-order valence-corrected chi connectivity index (χ1v) is 7.69. The quantitative estimate of drug-likeness (QED) is 0.149. The molecule has 0 bridgehead atoms. The summed E-state index contributed by atoms with van der Waals surface area (Å²) >= 11 is 0. The number of nitrogens with two attached hydrogens (primary N) is 4. The minimum Gasteiger partial charge on any atom is -0.480 e. The number of nitrogens with one attached hydrogen (secondary N) is 4. The molecule has 0 spiro atoms. The van der Waals surface area contributed by atoms with Crippen molar-refractivity contribution in [2.75, 3.05) is 40.8 Å². The van der Waals surface area contributed by atoms with Crippen molar-refractivity contribution in [1.29, 1.82) is 16.2 Å². The van der Waals surface area contributed by atoms with Crippen molar-refractivity contribution in [1.82, 2.24) is 20.0 Å². The summed E-state index contributed by atoms with van der Waals surface area (Å²) in [4.78, 5) is 43.0. The Labute approximate surface area is 172 Å². The molecular weight excluding hydrogens is 406 g/mol. The first-order valence-electron chi connectivity index (χ1n) is 7.69. The second kappa shape index (κ2) is 15.7. The van der Waals surface area contributed by atoms with E-state index in [0.717, 1.165) is 9.80 Å². The molecule has 14 N–H and O–H groups in total. The summed E-state index contributed by atoms with van der Waals surface area (Å²) in [7, 11) is 4.58. The van der Waals surface area contributed by atoms with Gasteiger partial charge in [0.15, 0.2) is 17.9 Å². The van der Waals surface area contributed by atoms with E-state index in [1.165, 1.54) is 14.1 Å². The highest BCUT2D eigenvalue weighted by Crippen LogP contribution is 1.89. The Morgan fingerprint density at radius 1 is 1.00 bits per heavy atom. The number of urea groups is 1. The predicted octanol–water partition coefficient (Wildman–Crippen LogP) is -4.20. The van der Waals surface area contributed by atoms with Crippen LogP contribution in [0.4, 0.5) is 4.79 Å². The van der Waals surface area contributed by atoms with E-state index in [2.05, 4.69) is 16.8 Å². The first-order chi connectivity index (χ1) is 13.5. The summed E-state index contributed by atoms with van der Waals surface area (Å²) in [5, 5.41) is 39.1. The van der Waals surface area contributed by atoms with Gasteiger partial charge in [-0.2, -0.15) is 0 Å². The Balaban J connectivity index is -0.000000335. The minimum atomic E-state index is -0.993. The molecule has 0 aliphatic carbocycles. The molecule has 0 aromatic carbocycles. The monoisotopic (exact) mass is 435 g/mol. The number of primary amides is 2. The molecular formula is C13H29N11O6. The summed E-state index contributed by atoms with van der Waals surface area (Å²) in [5.74, 6) is -2.37. The van der Waals surface area contributed by atoms with Crippen LogP contribution in [0.3, 0.4) is 0 Å². The van der Waals surface area contributed by atoms with Gasteiger partial charge in [0.05, 0.1) is 6.54 Å². The van der Waals surface area contributed by atoms with Crippen LogP contribution in [-0.4, -0.2) is 107 Å². The van der Waals surface area contributed by atoms with Gasteiger partial charge >= 0.3 is 18.0 Å². The van der Waals surface area contributed by atoms with Crippen molar-refractivity contribution in [3.63, 3.8) is 0 Å². The largest absolute Gasteiger partial charge is 0.480 e. The molecule has 0 radical (unpaired) electrons. The van der Waals surface area contributed by atoms with E-state index >= 15 is 0 Å². The molecule has 172 valence electrons. The van der Waals surface area contributed by atoms with Gasteiger partial charge in [-0.1, -0.05) is 0 Å². The second-order valence-corrected chi connectivity index (χ2v) is 5.43. The highest BCUT2D eigenvalue weighted by atomic mass is 16.4. The fourth-order valence-corrected chi connectivity index (χ4v) is 1.14. The van der Waals surface area contributed by atoms with Gasteiger partial charge in [-0.05, 0) is 0 Å². The topological polar surface area (TPSA) is 306 Å². The fraction of sp³-hybridized carbons (Fsp3) is 0.462. The van der Waals surface area contributed by atoms with E-state index in [-0.39, 0.29) is 36.9 Å². The van der Waals surface area contributed by atoms with Gasteiger partial charge in [0.2, 0.25) is 5.91 Å². The van der Waals surface area contributed by atoms with Crippen LogP contribution in [0, 0.1) is 16.2 Å². The molecule has 0 unspecified atom stereocenters. The molecule has 17 nitrogen and oxygen atoms in total. The first kappa shape index (κ1) is 30.4. The molecule has 0 aromatic heterocycles. The Morgan fingerprint density at radius 2 is 1.30 bits per heavy atom. The number of carboxylic acid groups (broad SMARTS) is 2. The van der Waals surface area contributed by atoms with Gasteiger partial charge in [-0.25, -0.2) is 4.79 Å². The molecule has 1 saturated heterocycles. The van der Waals surface area contributed by atoms with E-state index in [4.69, 9.17) is 42.7 Å². The van der Waals surface area contributed by atoms with Crippen molar-refractivity contribution in [2.45, 2.75) is 0 Å². The number of carbonyl (C=O) groups excluding carboxylic acids is 2. The van der Waals surface area contributed by atoms with Gasteiger partial charge < -0.3 is 47.8 Å². The lowest BCUT2D eigenvalue weighted by Crippen LogP contribution is -2.36. The molecule has 30 heavy (non-hydrogen) atoms. The lowest BCUT2D eigenvalue weighted by molar-refractivity contribution is -0.138. The van der Waals surface area contributed by atoms with Crippen molar-refractivity contribution in [3.05, 3.63) is 0 Å². The van der Waals surface area contributed by atoms with E-state index in [9.17, 15) is 14.4 Å². The standard InChI is InChI=1S/2C4H9N3O2.C4H7N3O.CH4N2O/c2*1-7(4(5)6)2-3(8)9;1-7-2-3(8)6-4(7)5;2-1(3)4/h2*2H2,1H3,(H3,5,6)(H,8,9);2H2,1H3,(H2,5,6,8);(H4,2,3,4). The SMILES string of the molecule is CN(CC(=O)O)C(=N)N.CN(CC(=O)O)C(=N)N.CN1CC(=O)NC1=N.NC(N)=O. The fourth-order valence-electron chi connectivity index (χ4n) is 1.14. The molecule has 1 fully saturated rings. The number of guanidine groups is 3. The third-order valence-corrected chi connectivity index (χ3v) is 2.59. The molecule has 1 aliphatic rings. The van der Waals surface area contributed by atoms with Crippen LogP contribution in [0.5, 0.6) is 0 Å². The summed E-state index contributed by atoms with van der Waals surface area (Å²) < 4.78 is 0. The van der Waals surface area contributed by atoms with Crippen molar-refractivity contribution < 1.29 is 29.4 Å².